The van der Waals surface area contributed by atoms with E-state index in [0.717, 1.165) is 24.1 Å². The first kappa shape index (κ1) is 14.2. The van der Waals surface area contributed by atoms with Crippen molar-refractivity contribution in [1.82, 2.24) is 0 Å². The summed E-state index contributed by atoms with van der Waals surface area (Å²) in [6.07, 6.45) is 6.37. The van der Waals surface area contributed by atoms with E-state index in [2.05, 4.69) is 11.3 Å². The van der Waals surface area contributed by atoms with Gasteiger partial charge < -0.3 is 9.47 Å². The summed E-state index contributed by atoms with van der Waals surface area (Å²) in [5.41, 5.74) is 0.959. The summed E-state index contributed by atoms with van der Waals surface area (Å²) in [5, 5.41) is 0. The molecule has 4 nitrogen and oxygen atoms in total. The highest BCUT2D eigenvalue weighted by Gasteiger charge is 1.97. The zero-order valence-corrected chi connectivity index (χ0v) is 9.56. The molecule has 0 atom stereocenters. The fraction of sp³-hybridized carbons (Fsp3) is 0.333. The Balaban J connectivity index is 3.82. The SMILES string of the molecule is C=C(/C=C/COC(=O)/C=C\C(=O)OC)CC. The highest BCUT2D eigenvalue weighted by Crippen LogP contribution is 1.97. The van der Waals surface area contributed by atoms with Crippen molar-refractivity contribution >= 4 is 11.9 Å². The first-order valence-electron chi connectivity index (χ1n) is 4.87. The molecule has 0 bridgehead atoms. The van der Waals surface area contributed by atoms with E-state index in [1.165, 1.54) is 7.11 Å². The number of carbonyl (C=O) groups is 2. The van der Waals surface area contributed by atoms with Crippen LogP contribution in [-0.2, 0) is 19.1 Å². The van der Waals surface area contributed by atoms with E-state index in [1.54, 1.807) is 12.2 Å². The van der Waals surface area contributed by atoms with Crippen molar-refractivity contribution in [3.63, 3.8) is 0 Å². The van der Waals surface area contributed by atoms with Gasteiger partial charge in [0.15, 0.2) is 0 Å². The van der Waals surface area contributed by atoms with Crippen molar-refractivity contribution in [3.05, 3.63) is 36.5 Å². The Labute approximate surface area is 95.2 Å². The fourth-order valence-corrected chi connectivity index (χ4v) is 0.715. The van der Waals surface area contributed by atoms with Crippen molar-refractivity contribution < 1.29 is 19.1 Å². The van der Waals surface area contributed by atoms with Gasteiger partial charge in [0, 0.05) is 12.2 Å². The Morgan fingerprint density at radius 3 is 2.38 bits per heavy atom. The molecule has 0 saturated heterocycles. The third-order valence-corrected chi connectivity index (χ3v) is 1.69. The molecule has 0 spiro atoms. The molecule has 0 N–H and O–H groups in total. The lowest BCUT2D eigenvalue weighted by Crippen LogP contribution is -2.02. The predicted molar refractivity (Wildman–Crippen MR) is 60.7 cm³/mol. The third kappa shape index (κ3) is 7.55. The van der Waals surface area contributed by atoms with Crippen LogP contribution >= 0.6 is 0 Å². The van der Waals surface area contributed by atoms with Crippen LogP contribution < -0.4 is 0 Å². The Morgan fingerprint density at radius 2 is 1.81 bits per heavy atom. The second-order valence-corrected chi connectivity index (χ2v) is 2.90. The summed E-state index contributed by atoms with van der Waals surface area (Å²) in [7, 11) is 1.23. The van der Waals surface area contributed by atoms with E-state index in [-0.39, 0.29) is 6.61 Å². The van der Waals surface area contributed by atoms with Crippen LogP contribution in [0.5, 0.6) is 0 Å². The van der Waals surface area contributed by atoms with Crippen LogP contribution in [0.4, 0.5) is 0 Å². The molecule has 16 heavy (non-hydrogen) atoms. The fourth-order valence-electron chi connectivity index (χ4n) is 0.715. The van der Waals surface area contributed by atoms with Gasteiger partial charge in [-0.15, -0.1) is 0 Å². The monoisotopic (exact) mass is 224 g/mol. The lowest BCUT2D eigenvalue weighted by Gasteiger charge is -1.96. The third-order valence-electron chi connectivity index (χ3n) is 1.69. The average molecular weight is 224 g/mol. The number of methoxy groups -OCH3 is 1. The van der Waals surface area contributed by atoms with Gasteiger partial charge in [-0.05, 0) is 12.5 Å². The van der Waals surface area contributed by atoms with Crippen molar-refractivity contribution in [2.45, 2.75) is 13.3 Å². The van der Waals surface area contributed by atoms with Crippen LogP contribution in [0.3, 0.4) is 0 Å². The van der Waals surface area contributed by atoms with Crippen LogP contribution in [0.25, 0.3) is 0 Å². The molecular weight excluding hydrogens is 208 g/mol. The summed E-state index contributed by atoms with van der Waals surface area (Å²) in [6, 6.07) is 0. The van der Waals surface area contributed by atoms with E-state index in [9.17, 15) is 9.59 Å². The van der Waals surface area contributed by atoms with E-state index in [1.807, 2.05) is 6.92 Å². The zero-order valence-electron chi connectivity index (χ0n) is 9.56. The van der Waals surface area contributed by atoms with Gasteiger partial charge in [-0.2, -0.15) is 0 Å². The minimum Gasteiger partial charge on any atom is -0.466 e. The molecular formula is C12H16O4. The Hall–Kier alpha value is -1.84. The Morgan fingerprint density at radius 1 is 1.19 bits per heavy atom. The van der Waals surface area contributed by atoms with Crippen molar-refractivity contribution in [2.24, 2.45) is 0 Å². The summed E-state index contributed by atoms with van der Waals surface area (Å²) in [5.74, 6) is -1.18. The predicted octanol–water partition coefficient (Wildman–Crippen LogP) is 1.78. The number of hydrogen-bond acceptors (Lipinski definition) is 4. The molecule has 88 valence electrons. The highest BCUT2D eigenvalue weighted by atomic mass is 16.5. The van der Waals surface area contributed by atoms with Gasteiger partial charge in [0.1, 0.15) is 6.61 Å². The van der Waals surface area contributed by atoms with Crippen molar-refractivity contribution in [1.29, 1.82) is 0 Å². The molecule has 0 heterocycles. The Kier molecular flexibility index (Phi) is 7.49. The number of hydrogen-bond donors (Lipinski definition) is 0. The van der Waals surface area contributed by atoms with Gasteiger partial charge in [0.2, 0.25) is 0 Å². The van der Waals surface area contributed by atoms with E-state index in [4.69, 9.17) is 4.74 Å². The minimum absolute atomic E-state index is 0.156. The average Bonchev–Trinajstić information content (AvgIpc) is 2.31. The molecule has 0 fully saturated rings. The molecule has 0 aliphatic rings. The van der Waals surface area contributed by atoms with Gasteiger partial charge in [0.05, 0.1) is 7.11 Å². The first-order chi connectivity index (χ1) is 7.60. The summed E-state index contributed by atoms with van der Waals surface area (Å²) in [6.45, 7) is 5.90. The van der Waals surface area contributed by atoms with Crippen LogP contribution in [0.1, 0.15) is 13.3 Å². The van der Waals surface area contributed by atoms with Crippen LogP contribution in [-0.4, -0.2) is 25.7 Å². The molecule has 4 heteroatoms. The maximum atomic E-state index is 11.0. The van der Waals surface area contributed by atoms with Gasteiger partial charge in [0.25, 0.3) is 0 Å². The summed E-state index contributed by atoms with van der Waals surface area (Å²) in [4.78, 5) is 21.6. The molecule has 0 aromatic heterocycles. The minimum atomic E-state index is -0.591. The number of rotatable bonds is 6. The molecule has 0 aromatic carbocycles. The maximum absolute atomic E-state index is 11.0. The largest absolute Gasteiger partial charge is 0.466 e. The number of ether oxygens (including phenoxy) is 2. The standard InChI is InChI=1S/C12H16O4/c1-4-10(2)6-5-9-16-12(14)8-7-11(13)15-3/h5-8H,2,4,9H2,1,3H3/b6-5+,8-7-. The quantitative estimate of drug-likeness (QED) is 0.392. The number of esters is 2. The lowest BCUT2D eigenvalue weighted by molar-refractivity contribution is -0.138. The van der Waals surface area contributed by atoms with Crippen molar-refractivity contribution in [3.8, 4) is 0 Å². The van der Waals surface area contributed by atoms with Gasteiger partial charge >= 0.3 is 11.9 Å². The van der Waals surface area contributed by atoms with Gasteiger partial charge in [-0.25, -0.2) is 9.59 Å². The normalized spacial score (nSPS) is 10.6. The van der Waals surface area contributed by atoms with Gasteiger partial charge in [-0.1, -0.05) is 25.2 Å². The molecule has 0 aliphatic carbocycles. The molecule has 0 unspecified atom stereocenters. The Bertz CT molecular complexity index is 313. The number of carbonyl (C=O) groups excluding carboxylic acids is 2. The number of allylic oxidation sites excluding steroid dienone is 2. The van der Waals surface area contributed by atoms with Crippen molar-refractivity contribution in [2.75, 3.05) is 13.7 Å². The molecule has 0 amide bonds. The summed E-state index contributed by atoms with van der Waals surface area (Å²) < 4.78 is 9.08. The van der Waals surface area contributed by atoms with Crippen LogP contribution in [0.15, 0.2) is 36.5 Å². The lowest BCUT2D eigenvalue weighted by atomic mass is 10.2. The van der Waals surface area contributed by atoms with Crippen LogP contribution in [0.2, 0.25) is 0 Å². The van der Waals surface area contributed by atoms with Gasteiger partial charge in [-0.3, -0.25) is 0 Å². The van der Waals surface area contributed by atoms with E-state index < -0.39 is 11.9 Å². The molecule has 0 aliphatic heterocycles. The molecule has 0 saturated carbocycles. The van der Waals surface area contributed by atoms with Crippen LogP contribution in [0, 0.1) is 0 Å². The zero-order chi connectivity index (χ0) is 12.4. The first-order valence-corrected chi connectivity index (χ1v) is 4.87. The smallest absolute Gasteiger partial charge is 0.331 e. The highest BCUT2D eigenvalue weighted by molar-refractivity contribution is 5.91. The maximum Gasteiger partial charge on any atom is 0.331 e. The van der Waals surface area contributed by atoms with E-state index >= 15 is 0 Å². The molecule has 0 radical (unpaired) electrons. The molecule has 0 aromatic rings. The molecule has 0 rings (SSSR count). The van der Waals surface area contributed by atoms with E-state index in [0.29, 0.717) is 0 Å². The summed E-state index contributed by atoms with van der Waals surface area (Å²) >= 11 is 0. The second kappa shape index (κ2) is 8.47. The second-order valence-electron chi connectivity index (χ2n) is 2.90. The topological polar surface area (TPSA) is 52.6 Å².